The third-order valence-corrected chi connectivity index (χ3v) is 4.85. The van der Waals surface area contributed by atoms with Crippen LogP contribution in [0.4, 0.5) is 5.69 Å². The third-order valence-electron chi connectivity index (χ3n) is 3.66. The molecule has 0 spiro atoms. The average molecular weight is 395 g/mol. The van der Waals surface area contributed by atoms with Gasteiger partial charge in [-0.05, 0) is 36.1 Å². The SMILES string of the molecule is COC(=O)CCCN(C)C(=O)c1ccc(Cl)c(NC(=O)c2cccs2)c1. The van der Waals surface area contributed by atoms with Gasteiger partial charge in [-0.25, -0.2) is 0 Å². The second-order valence-electron chi connectivity index (χ2n) is 5.53. The number of benzene rings is 1. The maximum Gasteiger partial charge on any atom is 0.305 e. The predicted molar refractivity (Wildman–Crippen MR) is 102 cm³/mol. The van der Waals surface area contributed by atoms with Crippen LogP contribution < -0.4 is 5.32 Å². The van der Waals surface area contributed by atoms with Crippen molar-refractivity contribution in [1.82, 2.24) is 4.90 Å². The maximum atomic E-state index is 12.5. The molecule has 0 aliphatic heterocycles. The molecule has 2 aromatic rings. The normalized spacial score (nSPS) is 10.3. The Hall–Kier alpha value is -2.38. The fourth-order valence-corrected chi connectivity index (χ4v) is 3.01. The van der Waals surface area contributed by atoms with Crippen molar-refractivity contribution < 1.29 is 19.1 Å². The minimum atomic E-state index is -0.309. The van der Waals surface area contributed by atoms with Crippen LogP contribution in [-0.4, -0.2) is 43.4 Å². The Morgan fingerprint density at radius 2 is 2.04 bits per heavy atom. The van der Waals surface area contributed by atoms with Crippen molar-refractivity contribution >= 4 is 46.4 Å². The summed E-state index contributed by atoms with van der Waals surface area (Å²) in [6, 6.07) is 8.21. The monoisotopic (exact) mass is 394 g/mol. The molecule has 2 rings (SSSR count). The molecule has 2 amide bonds. The quantitative estimate of drug-likeness (QED) is 0.727. The van der Waals surface area contributed by atoms with Gasteiger partial charge in [-0.1, -0.05) is 17.7 Å². The minimum Gasteiger partial charge on any atom is -0.469 e. The second kappa shape index (κ2) is 9.35. The number of ether oxygens (including phenoxy) is 1. The first-order valence-corrected chi connectivity index (χ1v) is 9.15. The summed E-state index contributed by atoms with van der Waals surface area (Å²) in [5, 5.41) is 4.87. The van der Waals surface area contributed by atoms with Crippen molar-refractivity contribution in [2.45, 2.75) is 12.8 Å². The van der Waals surface area contributed by atoms with Gasteiger partial charge < -0.3 is 15.0 Å². The van der Waals surface area contributed by atoms with Crippen LogP contribution in [-0.2, 0) is 9.53 Å². The molecule has 0 aliphatic carbocycles. The van der Waals surface area contributed by atoms with Gasteiger partial charge in [0.2, 0.25) is 0 Å². The average Bonchev–Trinajstić information content (AvgIpc) is 3.17. The number of hydrogen-bond acceptors (Lipinski definition) is 5. The zero-order valence-electron chi connectivity index (χ0n) is 14.5. The number of nitrogens with one attached hydrogen (secondary N) is 1. The highest BCUT2D eigenvalue weighted by atomic mass is 35.5. The molecule has 0 saturated carbocycles. The summed E-state index contributed by atoms with van der Waals surface area (Å²) in [5.41, 5.74) is 0.773. The highest BCUT2D eigenvalue weighted by Gasteiger charge is 2.16. The Bertz CT molecular complexity index is 792. The van der Waals surface area contributed by atoms with E-state index in [1.807, 2.05) is 0 Å². The van der Waals surface area contributed by atoms with Gasteiger partial charge in [-0.2, -0.15) is 0 Å². The van der Waals surface area contributed by atoms with E-state index in [1.54, 1.807) is 42.8 Å². The van der Waals surface area contributed by atoms with Crippen LogP contribution in [0.1, 0.15) is 32.9 Å². The van der Waals surface area contributed by atoms with Gasteiger partial charge in [-0.15, -0.1) is 11.3 Å². The molecule has 1 heterocycles. The molecule has 6 nitrogen and oxygen atoms in total. The van der Waals surface area contributed by atoms with E-state index in [0.717, 1.165) is 0 Å². The number of nitrogens with zero attached hydrogens (tertiary/aromatic N) is 1. The number of anilines is 1. The Labute approximate surface area is 160 Å². The molecule has 8 heteroatoms. The molecule has 1 N–H and O–H groups in total. The van der Waals surface area contributed by atoms with Gasteiger partial charge in [0.25, 0.3) is 11.8 Å². The number of methoxy groups -OCH3 is 1. The number of carbonyl (C=O) groups excluding carboxylic acids is 3. The van der Waals surface area contributed by atoms with Crippen LogP contribution in [0.25, 0.3) is 0 Å². The lowest BCUT2D eigenvalue weighted by atomic mass is 10.1. The van der Waals surface area contributed by atoms with Gasteiger partial charge >= 0.3 is 5.97 Å². The number of carbonyl (C=O) groups is 3. The molecule has 138 valence electrons. The Kier molecular flexibility index (Phi) is 7.17. The summed E-state index contributed by atoms with van der Waals surface area (Å²) in [6.07, 6.45) is 0.751. The molecule has 0 atom stereocenters. The van der Waals surface area contributed by atoms with Crippen LogP contribution in [0.2, 0.25) is 5.02 Å². The molecular weight excluding hydrogens is 376 g/mol. The molecule has 0 unspecified atom stereocenters. The zero-order valence-corrected chi connectivity index (χ0v) is 16.0. The van der Waals surface area contributed by atoms with Crippen LogP contribution in [0.5, 0.6) is 0 Å². The largest absolute Gasteiger partial charge is 0.469 e. The summed E-state index contributed by atoms with van der Waals surface area (Å²) in [6.45, 7) is 0.410. The van der Waals surface area contributed by atoms with Crippen LogP contribution in [0.15, 0.2) is 35.7 Å². The Morgan fingerprint density at radius 1 is 1.27 bits per heavy atom. The van der Waals surface area contributed by atoms with Crippen molar-refractivity contribution in [2.24, 2.45) is 0 Å². The van der Waals surface area contributed by atoms with E-state index >= 15 is 0 Å². The van der Waals surface area contributed by atoms with Gasteiger partial charge in [0.05, 0.1) is 22.7 Å². The van der Waals surface area contributed by atoms with Crippen molar-refractivity contribution in [1.29, 1.82) is 0 Å². The number of thiophene rings is 1. The summed E-state index contributed by atoms with van der Waals surface area (Å²) < 4.78 is 4.58. The summed E-state index contributed by atoms with van der Waals surface area (Å²) in [4.78, 5) is 37.9. The zero-order chi connectivity index (χ0) is 19.1. The number of esters is 1. The fourth-order valence-electron chi connectivity index (χ4n) is 2.23. The molecule has 1 aromatic carbocycles. The minimum absolute atomic E-state index is 0.224. The number of rotatable bonds is 7. The van der Waals surface area contributed by atoms with Gasteiger partial charge in [0.15, 0.2) is 0 Å². The lowest BCUT2D eigenvalue weighted by molar-refractivity contribution is -0.140. The highest BCUT2D eigenvalue weighted by Crippen LogP contribution is 2.25. The molecule has 0 radical (unpaired) electrons. The van der Waals surface area contributed by atoms with Gasteiger partial charge in [0.1, 0.15) is 0 Å². The second-order valence-corrected chi connectivity index (χ2v) is 6.89. The van der Waals surface area contributed by atoms with Crippen molar-refractivity contribution in [3.05, 3.63) is 51.2 Å². The van der Waals surface area contributed by atoms with Crippen molar-refractivity contribution in [2.75, 3.05) is 26.0 Å². The molecule has 0 bridgehead atoms. The van der Waals surface area contributed by atoms with E-state index in [1.165, 1.54) is 23.3 Å². The summed E-state index contributed by atoms with van der Waals surface area (Å²) in [7, 11) is 2.98. The molecular formula is C18H19ClN2O4S. The smallest absolute Gasteiger partial charge is 0.305 e. The molecule has 0 aliphatic rings. The van der Waals surface area contributed by atoms with Crippen molar-refractivity contribution in [3.63, 3.8) is 0 Å². The van der Waals surface area contributed by atoms with E-state index in [-0.39, 0.29) is 24.2 Å². The summed E-state index contributed by atoms with van der Waals surface area (Å²) >= 11 is 7.45. The van der Waals surface area contributed by atoms with E-state index in [0.29, 0.717) is 34.1 Å². The standard InChI is InChI=1S/C18H19ClN2O4S/c1-21(9-3-6-16(22)25-2)18(24)12-7-8-13(19)14(11-12)20-17(23)15-5-4-10-26-15/h4-5,7-8,10-11H,3,6,9H2,1-2H3,(H,20,23). The number of amides is 2. The number of hydrogen-bond donors (Lipinski definition) is 1. The van der Waals surface area contributed by atoms with Crippen LogP contribution in [0, 0.1) is 0 Å². The van der Waals surface area contributed by atoms with Crippen molar-refractivity contribution in [3.8, 4) is 0 Å². The first-order valence-electron chi connectivity index (χ1n) is 7.89. The molecule has 0 fully saturated rings. The van der Waals surface area contributed by atoms with Crippen LogP contribution in [0.3, 0.4) is 0 Å². The first kappa shape index (κ1) is 19.9. The van der Waals surface area contributed by atoms with E-state index in [9.17, 15) is 14.4 Å². The first-order chi connectivity index (χ1) is 12.4. The highest BCUT2D eigenvalue weighted by molar-refractivity contribution is 7.12. The fraction of sp³-hybridized carbons (Fsp3) is 0.278. The predicted octanol–water partition coefficient (Wildman–Crippen LogP) is 3.68. The molecule has 1 aromatic heterocycles. The summed E-state index contributed by atoms with van der Waals surface area (Å²) in [5.74, 6) is -0.813. The van der Waals surface area contributed by atoms with E-state index in [4.69, 9.17) is 11.6 Å². The van der Waals surface area contributed by atoms with Gasteiger partial charge in [0, 0.05) is 25.6 Å². The number of halogens is 1. The van der Waals surface area contributed by atoms with Crippen LogP contribution >= 0.6 is 22.9 Å². The third kappa shape index (κ3) is 5.31. The van der Waals surface area contributed by atoms with E-state index in [2.05, 4.69) is 10.1 Å². The topological polar surface area (TPSA) is 75.7 Å². The Balaban J connectivity index is 2.04. The molecule has 0 saturated heterocycles. The van der Waals surface area contributed by atoms with Gasteiger partial charge in [-0.3, -0.25) is 14.4 Å². The molecule has 26 heavy (non-hydrogen) atoms. The Morgan fingerprint density at radius 3 is 2.69 bits per heavy atom. The van der Waals surface area contributed by atoms with E-state index < -0.39 is 0 Å². The lowest BCUT2D eigenvalue weighted by Gasteiger charge is -2.17. The lowest BCUT2D eigenvalue weighted by Crippen LogP contribution is -2.28. The maximum absolute atomic E-state index is 12.5.